The van der Waals surface area contributed by atoms with Gasteiger partial charge in [-0.05, 0) is 38.4 Å². The minimum atomic E-state index is -0.509. The molecule has 1 fully saturated rings. The first-order chi connectivity index (χ1) is 16.4. The van der Waals surface area contributed by atoms with E-state index in [1.54, 1.807) is 24.3 Å². The summed E-state index contributed by atoms with van der Waals surface area (Å²) >= 11 is 5.91. The monoisotopic (exact) mass is 484 g/mol. The van der Waals surface area contributed by atoms with Gasteiger partial charge in [0.15, 0.2) is 0 Å². The number of fused-ring (bicyclic) bond motifs is 1. The van der Waals surface area contributed by atoms with Gasteiger partial charge in [0.25, 0.3) is 0 Å². The van der Waals surface area contributed by atoms with Crippen LogP contribution in [0.15, 0.2) is 48.8 Å². The van der Waals surface area contributed by atoms with Gasteiger partial charge in [0.05, 0.1) is 29.4 Å². The molecule has 1 atom stereocenters. The lowest BCUT2D eigenvalue weighted by Gasteiger charge is -2.17. The summed E-state index contributed by atoms with van der Waals surface area (Å²) < 4.78 is 25.1. The Bertz CT molecular complexity index is 1210. The van der Waals surface area contributed by atoms with Crippen LogP contribution in [0, 0.1) is 5.82 Å². The van der Waals surface area contributed by atoms with Crippen LogP contribution in [-0.4, -0.2) is 60.7 Å². The highest BCUT2D eigenvalue weighted by molar-refractivity contribution is 6.31. The van der Waals surface area contributed by atoms with E-state index in [0.717, 1.165) is 6.42 Å². The molecule has 0 bridgehead atoms. The Morgan fingerprint density at radius 3 is 2.91 bits per heavy atom. The molecule has 2 heterocycles. The SMILES string of the molecule is CN(C)C/C=C/C(=O)Nc1cc2c(Nc3ccc([18F])c(Cl)c3)ncnc2cc1O[C@H]1CCOC1. The zero-order valence-corrected chi connectivity index (χ0v) is 19.6. The molecule has 1 aliphatic heterocycles. The summed E-state index contributed by atoms with van der Waals surface area (Å²) in [4.78, 5) is 23.2. The lowest BCUT2D eigenvalue weighted by molar-refractivity contribution is -0.111. The Kier molecular flexibility index (Phi) is 7.56. The van der Waals surface area contributed by atoms with E-state index in [0.29, 0.717) is 53.6 Å². The molecular formula is C24H25ClFN5O3. The van der Waals surface area contributed by atoms with Gasteiger partial charge in [-0.15, -0.1) is 0 Å². The molecule has 1 amide bonds. The summed E-state index contributed by atoms with van der Waals surface area (Å²) in [6.45, 7) is 1.75. The maximum absolute atomic E-state index is 13.6. The number of benzene rings is 2. The summed E-state index contributed by atoms with van der Waals surface area (Å²) in [5.41, 5.74) is 1.65. The first kappa shape index (κ1) is 23.9. The topological polar surface area (TPSA) is 88.6 Å². The van der Waals surface area contributed by atoms with Crippen molar-refractivity contribution in [2.75, 3.05) is 44.5 Å². The third-order valence-corrected chi connectivity index (χ3v) is 5.39. The number of likely N-dealkylation sites (N-methyl/N-ethyl adjacent to an activating group) is 1. The minimum Gasteiger partial charge on any atom is -0.486 e. The van der Waals surface area contributed by atoms with Gasteiger partial charge >= 0.3 is 0 Å². The largest absolute Gasteiger partial charge is 0.486 e. The molecule has 0 aliphatic carbocycles. The molecule has 178 valence electrons. The number of carbonyl (C=O) groups is 1. The molecular weight excluding hydrogens is 460 g/mol. The van der Waals surface area contributed by atoms with Gasteiger partial charge in [0.1, 0.15) is 29.8 Å². The molecule has 1 saturated heterocycles. The number of aromatic nitrogens is 2. The molecule has 0 spiro atoms. The van der Waals surface area contributed by atoms with Crippen LogP contribution in [-0.2, 0) is 9.53 Å². The summed E-state index contributed by atoms with van der Waals surface area (Å²) in [5.74, 6) is 0.170. The molecule has 1 aliphatic rings. The van der Waals surface area contributed by atoms with Crippen molar-refractivity contribution in [2.24, 2.45) is 0 Å². The van der Waals surface area contributed by atoms with E-state index in [2.05, 4.69) is 20.6 Å². The van der Waals surface area contributed by atoms with Crippen LogP contribution in [0.25, 0.3) is 10.9 Å². The van der Waals surface area contributed by atoms with Gasteiger partial charge in [0, 0.05) is 36.2 Å². The molecule has 2 N–H and O–H groups in total. The Morgan fingerprint density at radius 2 is 2.18 bits per heavy atom. The van der Waals surface area contributed by atoms with E-state index in [9.17, 15) is 9.18 Å². The fraction of sp³-hybridized carbons (Fsp3) is 0.292. The van der Waals surface area contributed by atoms with Crippen LogP contribution < -0.4 is 15.4 Å². The normalized spacial score (nSPS) is 15.9. The molecule has 34 heavy (non-hydrogen) atoms. The number of amides is 1. The number of carbonyl (C=O) groups excluding carboxylic acids is 1. The highest BCUT2D eigenvalue weighted by atomic mass is 35.5. The standard InChI is InChI=1S/C24H25ClFN5O3/c1-31(2)8-3-4-23(32)30-21-11-17-20(12-22(21)34-16-7-9-33-13-16)27-14-28-24(17)29-15-5-6-19(26)18(25)10-15/h3-6,10-12,14,16H,7-9,13H2,1-2H3,(H,30,32)(H,27,28,29)/b4-3+/t16-/m0/s1/i26-1. The number of halogens is 2. The van der Waals surface area contributed by atoms with Gasteiger partial charge < -0.3 is 25.0 Å². The third-order valence-electron chi connectivity index (χ3n) is 5.10. The summed E-state index contributed by atoms with van der Waals surface area (Å²) in [6.07, 6.45) is 5.32. The highest BCUT2D eigenvalue weighted by Crippen LogP contribution is 2.35. The predicted molar refractivity (Wildman–Crippen MR) is 130 cm³/mol. The van der Waals surface area contributed by atoms with E-state index in [1.165, 1.54) is 24.5 Å². The highest BCUT2D eigenvalue weighted by Gasteiger charge is 2.20. The van der Waals surface area contributed by atoms with E-state index in [-0.39, 0.29) is 17.0 Å². The lowest BCUT2D eigenvalue weighted by Crippen LogP contribution is -2.18. The van der Waals surface area contributed by atoms with Crippen molar-refractivity contribution < 1.29 is 18.7 Å². The molecule has 0 unspecified atom stereocenters. The summed E-state index contributed by atoms with van der Waals surface area (Å²) in [5, 5.41) is 6.67. The third kappa shape index (κ3) is 5.99. The van der Waals surface area contributed by atoms with Gasteiger partial charge in [-0.1, -0.05) is 17.7 Å². The average Bonchev–Trinajstić information content (AvgIpc) is 3.30. The Labute approximate surface area is 201 Å². The number of anilines is 3. The fourth-order valence-electron chi connectivity index (χ4n) is 3.42. The van der Waals surface area contributed by atoms with Gasteiger partial charge in [-0.3, -0.25) is 4.79 Å². The molecule has 0 saturated carbocycles. The summed E-state index contributed by atoms with van der Waals surface area (Å²) in [7, 11) is 3.84. The van der Waals surface area contributed by atoms with Crippen LogP contribution in [0.1, 0.15) is 6.42 Å². The van der Waals surface area contributed by atoms with Gasteiger partial charge in [-0.25, -0.2) is 14.4 Å². The van der Waals surface area contributed by atoms with Crippen LogP contribution in [0.4, 0.5) is 21.6 Å². The van der Waals surface area contributed by atoms with Crippen molar-refractivity contribution in [1.29, 1.82) is 0 Å². The van der Waals surface area contributed by atoms with Gasteiger partial charge in [0.2, 0.25) is 5.91 Å². The first-order valence-electron chi connectivity index (χ1n) is 10.8. The number of rotatable bonds is 8. The number of hydrogen-bond acceptors (Lipinski definition) is 7. The van der Waals surface area contributed by atoms with Crippen LogP contribution in [0.2, 0.25) is 5.02 Å². The Morgan fingerprint density at radius 1 is 1.32 bits per heavy atom. The van der Waals surface area contributed by atoms with Crippen molar-refractivity contribution in [1.82, 2.24) is 14.9 Å². The van der Waals surface area contributed by atoms with Crippen molar-refractivity contribution in [3.05, 3.63) is 59.7 Å². The molecule has 10 heteroatoms. The van der Waals surface area contributed by atoms with E-state index >= 15 is 0 Å². The first-order valence-corrected chi connectivity index (χ1v) is 11.1. The molecule has 0 radical (unpaired) electrons. The van der Waals surface area contributed by atoms with Crippen molar-refractivity contribution in [3.8, 4) is 5.75 Å². The Balaban J connectivity index is 1.68. The van der Waals surface area contributed by atoms with Gasteiger partial charge in [-0.2, -0.15) is 0 Å². The number of hydrogen-bond donors (Lipinski definition) is 2. The molecule has 4 rings (SSSR count). The van der Waals surface area contributed by atoms with Crippen molar-refractivity contribution >= 4 is 45.6 Å². The maximum atomic E-state index is 13.6. The zero-order chi connectivity index (χ0) is 24.1. The van der Waals surface area contributed by atoms with E-state index in [1.807, 2.05) is 19.0 Å². The molecule has 2 aromatic carbocycles. The second-order valence-corrected chi connectivity index (χ2v) is 8.51. The number of ether oxygens (including phenoxy) is 2. The van der Waals surface area contributed by atoms with Crippen LogP contribution in [0.5, 0.6) is 5.75 Å². The zero-order valence-electron chi connectivity index (χ0n) is 18.8. The van der Waals surface area contributed by atoms with Crippen LogP contribution >= 0.6 is 11.6 Å². The average molecular weight is 485 g/mol. The Hall–Kier alpha value is -3.27. The molecule has 3 aromatic rings. The van der Waals surface area contributed by atoms with E-state index in [4.69, 9.17) is 21.1 Å². The molecule has 8 nitrogen and oxygen atoms in total. The van der Waals surface area contributed by atoms with Crippen LogP contribution in [0.3, 0.4) is 0 Å². The second kappa shape index (κ2) is 10.8. The minimum absolute atomic E-state index is 0.00436. The predicted octanol–water partition coefficient (Wildman–Crippen LogP) is 4.39. The second-order valence-electron chi connectivity index (χ2n) is 8.10. The lowest BCUT2D eigenvalue weighted by atomic mass is 10.1. The fourth-order valence-corrected chi connectivity index (χ4v) is 3.60. The number of nitrogens with zero attached hydrogens (tertiary/aromatic N) is 3. The van der Waals surface area contributed by atoms with Crippen molar-refractivity contribution in [2.45, 2.75) is 12.5 Å². The molecule has 1 aromatic heterocycles. The van der Waals surface area contributed by atoms with Crippen molar-refractivity contribution in [3.63, 3.8) is 0 Å². The quantitative estimate of drug-likeness (QED) is 0.458. The summed E-state index contributed by atoms with van der Waals surface area (Å²) in [6, 6.07) is 7.82. The van der Waals surface area contributed by atoms with E-state index < -0.39 is 5.82 Å². The number of nitrogens with one attached hydrogen (secondary N) is 2. The smallest absolute Gasteiger partial charge is 0.248 e. The maximum Gasteiger partial charge on any atom is 0.248 e.